The molecule has 106 valence electrons. The van der Waals surface area contributed by atoms with E-state index in [0.29, 0.717) is 0 Å². The van der Waals surface area contributed by atoms with Crippen LogP contribution in [0.1, 0.15) is 39.7 Å². The first-order valence-corrected chi connectivity index (χ1v) is 7.51. The van der Waals surface area contributed by atoms with Gasteiger partial charge in [-0.1, -0.05) is 24.6 Å². The fourth-order valence-electron chi connectivity index (χ4n) is 2.41. The normalized spacial score (nSPS) is 20.1. The molecule has 1 unspecified atom stereocenters. The molecule has 1 saturated heterocycles. The Bertz CT molecular complexity index is 437. The van der Waals surface area contributed by atoms with E-state index in [-0.39, 0.29) is 5.54 Å². The third-order valence-electron chi connectivity index (χ3n) is 3.63. The molecule has 1 aromatic carbocycles. The van der Waals surface area contributed by atoms with Crippen molar-refractivity contribution in [3.63, 3.8) is 0 Å². The van der Waals surface area contributed by atoms with Crippen molar-refractivity contribution < 1.29 is 0 Å². The highest BCUT2D eigenvalue weighted by atomic mass is 35.5. The highest BCUT2D eigenvalue weighted by Crippen LogP contribution is 2.28. The molecule has 1 fully saturated rings. The van der Waals surface area contributed by atoms with Crippen molar-refractivity contribution in [3.8, 4) is 0 Å². The van der Waals surface area contributed by atoms with Crippen molar-refractivity contribution in [3.05, 3.63) is 28.8 Å². The number of hydrogen-bond acceptors (Lipinski definition) is 2. The maximum Gasteiger partial charge on any atom is 0.0471 e. The molecule has 3 heteroatoms. The molecule has 2 nitrogen and oxygen atoms in total. The Hall–Kier alpha value is -0.730. The number of nitrogens with zero attached hydrogens (tertiary/aromatic N) is 1. The molecule has 1 N–H and O–H groups in total. The van der Waals surface area contributed by atoms with Gasteiger partial charge in [-0.05, 0) is 50.8 Å². The monoisotopic (exact) mass is 280 g/mol. The van der Waals surface area contributed by atoms with Crippen LogP contribution in [0.15, 0.2) is 18.2 Å². The van der Waals surface area contributed by atoms with Gasteiger partial charge in [0.1, 0.15) is 0 Å². The zero-order chi connectivity index (χ0) is 14.0. The van der Waals surface area contributed by atoms with Crippen LogP contribution < -0.4 is 10.2 Å². The minimum absolute atomic E-state index is 0.117. The van der Waals surface area contributed by atoms with E-state index in [1.54, 1.807) is 0 Å². The molecule has 0 saturated carbocycles. The molecule has 1 aliphatic rings. The van der Waals surface area contributed by atoms with Gasteiger partial charge in [0.2, 0.25) is 0 Å². The van der Waals surface area contributed by atoms with E-state index < -0.39 is 0 Å². The lowest BCUT2D eigenvalue weighted by atomic mass is 10.1. The molecule has 19 heavy (non-hydrogen) atoms. The molecule has 0 aromatic heterocycles. The number of hydrogen-bond donors (Lipinski definition) is 1. The second kappa shape index (κ2) is 5.72. The van der Waals surface area contributed by atoms with E-state index in [1.165, 1.54) is 17.7 Å². The van der Waals surface area contributed by atoms with Crippen LogP contribution >= 0.6 is 11.6 Å². The van der Waals surface area contributed by atoms with E-state index in [0.717, 1.165) is 30.6 Å². The smallest absolute Gasteiger partial charge is 0.0471 e. The molecule has 1 aliphatic heterocycles. The lowest BCUT2D eigenvalue weighted by Gasteiger charge is -2.22. The fraction of sp³-hybridized carbons (Fsp3) is 0.625. The Balaban J connectivity index is 2.05. The van der Waals surface area contributed by atoms with Gasteiger partial charge < -0.3 is 10.2 Å². The molecule has 0 bridgehead atoms. The second-order valence-electron chi connectivity index (χ2n) is 6.72. The summed E-state index contributed by atoms with van der Waals surface area (Å²) in [5, 5.41) is 4.35. The van der Waals surface area contributed by atoms with Crippen LogP contribution in [0.5, 0.6) is 0 Å². The largest absolute Gasteiger partial charge is 0.371 e. The average Bonchev–Trinajstić information content (AvgIpc) is 2.73. The Labute approximate surface area is 122 Å². The van der Waals surface area contributed by atoms with E-state index >= 15 is 0 Å². The standard InChI is InChI=1S/C16H25ClN2/c1-12-7-8-19(11-12)14-6-5-13(15(17)9-14)10-18-16(2,3)4/h5-6,9,12,18H,7-8,10-11H2,1-4H3. The van der Waals surface area contributed by atoms with Gasteiger partial charge in [-0.2, -0.15) is 0 Å². The molecule has 1 heterocycles. The third-order valence-corrected chi connectivity index (χ3v) is 3.99. The maximum absolute atomic E-state index is 6.41. The minimum atomic E-state index is 0.117. The summed E-state index contributed by atoms with van der Waals surface area (Å²) in [4.78, 5) is 2.43. The summed E-state index contributed by atoms with van der Waals surface area (Å²) in [5.74, 6) is 0.793. The third kappa shape index (κ3) is 4.12. The van der Waals surface area contributed by atoms with Crippen molar-refractivity contribution >= 4 is 17.3 Å². The first-order valence-electron chi connectivity index (χ1n) is 7.13. The summed E-state index contributed by atoms with van der Waals surface area (Å²) in [6, 6.07) is 6.46. The van der Waals surface area contributed by atoms with Crippen LogP contribution in [-0.4, -0.2) is 18.6 Å². The van der Waals surface area contributed by atoms with E-state index in [4.69, 9.17) is 11.6 Å². The Morgan fingerprint density at radius 3 is 2.63 bits per heavy atom. The topological polar surface area (TPSA) is 15.3 Å². The predicted octanol–water partition coefficient (Wildman–Crippen LogP) is 4.07. The van der Waals surface area contributed by atoms with Gasteiger partial charge >= 0.3 is 0 Å². The molecular weight excluding hydrogens is 256 g/mol. The molecule has 1 aromatic rings. The quantitative estimate of drug-likeness (QED) is 0.898. The maximum atomic E-state index is 6.41. The fourth-order valence-corrected chi connectivity index (χ4v) is 2.65. The van der Waals surface area contributed by atoms with Gasteiger partial charge in [0.15, 0.2) is 0 Å². The highest BCUT2D eigenvalue weighted by Gasteiger charge is 2.19. The summed E-state index contributed by atoms with van der Waals surface area (Å²) >= 11 is 6.41. The number of rotatable bonds is 3. The molecular formula is C16H25ClN2. The summed E-state index contributed by atoms with van der Waals surface area (Å²) in [6.07, 6.45) is 1.28. The van der Waals surface area contributed by atoms with Crippen LogP contribution in [0.3, 0.4) is 0 Å². The Kier molecular flexibility index (Phi) is 4.42. The van der Waals surface area contributed by atoms with Crippen molar-refractivity contribution in [2.24, 2.45) is 5.92 Å². The van der Waals surface area contributed by atoms with Crippen molar-refractivity contribution in [2.45, 2.75) is 46.2 Å². The summed E-state index contributed by atoms with van der Waals surface area (Å²) < 4.78 is 0. The highest BCUT2D eigenvalue weighted by molar-refractivity contribution is 6.31. The van der Waals surface area contributed by atoms with Crippen molar-refractivity contribution in [1.29, 1.82) is 0 Å². The zero-order valence-electron chi connectivity index (χ0n) is 12.5. The van der Waals surface area contributed by atoms with Crippen LogP contribution in [0.2, 0.25) is 5.02 Å². The SMILES string of the molecule is CC1CCN(c2ccc(CNC(C)(C)C)c(Cl)c2)C1. The lowest BCUT2D eigenvalue weighted by Crippen LogP contribution is -2.35. The first-order chi connectivity index (χ1) is 8.85. The lowest BCUT2D eigenvalue weighted by molar-refractivity contribution is 0.424. The minimum Gasteiger partial charge on any atom is -0.371 e. The number of nitrogens with one attached hydrogen (secondary N) is 1. The predicted molar refractivity (Wildman–Crippen MR) is 84.0 cm³/mol. The van der Waals surface area contributed by atoms with Gasteiger partial charge in [0.25, 0.3) is 0 Å². The van der Waals surface area contributed by atoms with Crippen LogP contribution in [-0.2, 0) is 6.54 Å². The van der Waals surface area contributed by atoms with Crippen LogP contribution in [0, 0.1) is 5.92 Å². The number of halogens is 1. The van der Waals surface area contributed by atoms with E-state index in [1.807, 2.05) is 0 Å². The molecule has 0 radical (unpaired) electrons. The summed E-state index contributed by atoms with van der Waals surface area (Å²) in [5.41, 5.74) is 2.55. The molecule has 0 aliphatic carbocycles. The zero-order valence-corrected chi connectivity index (χ0v) is 13.2. The summed E-state index contributed by atoms with van der Waals surface area (Å²) in [7, 11) is 0. The number of anilines is 1. The first kappa shape index (κ1) is 14.7. The second-order valence-corrected chi connectivity index (χ2v) is 7.13. The van der Waals surface area contributed by atoms with E-state index in [9.17, 15) is 0 Å². The van der Waals surface area contributed by atoms with Gasteiger partial charge in [0.05, 0.1) is 0 Å². The van der Waals surface area contributed by atoms with Crippen molar-refractivity contribution in [2.75, 3.05) is 18.0 Å². The number of benzene rings is 1. The molecule has 0 spiro atoms. The van der Waals surface area contributed by atoms with Gasteiger partial charge in [-0.25, -0.2) is 0 Å². The molecule has 2 rings (SSSR count). The average molecular weight is 281 g/mol. The van der Waals surface area contributed by atoms with Crippen LogP contribution in [0.25, 0.3) is 0 Å². The Morgan fingerprint density at radius 2 is 2.11 bits per heavy atom. The molecule has 0 amide bonds. The van der Waals surface area contributed by atoms with Crippen LogP contribution in [0.4, 0.5) is 5.69 Å². The van der Waals surface area contributed by atoms with Gasteiger partial charge in [0, 0.05) is 35.9 Å². The summed E-state index contributed by atoms with van der Waals surface area (Å²) in [6.45, 7) is 11.9. The van der Waals surface area contributed by atoms with Gasteiger partial charge in [-0.15, -0.1) is 0 Å². The van der Waals surface area contributed by atoms with E-state index in [2.05, 4.69) is 56.1 Å². The molecule has 1 atom stereocenters. The van der Waals surface area contributed by atoms with Crippen molar-refractivity contribution in [1.82, 2.24) is 5.32 Å². The van der Waals surface area contributed by atoms with Gasteiger partial charge in [-0.3, -0.25) is 0 Å². The Morgan fingerprint density at radius 1 is 1.37 bits per heavy atom.